The van der Waals surface area contributed by atoms with Crippen LogP contribution in [-0.4, -0.2) is 20.1 Å². The van der Waals surface area contributed by atoms with Gasteiger partial charge in [0.05, 0.1) is 11.3 Å². The van der Waals surface area contributed by atoms with E-state index in [9.17, 15) is 9.90 Å². The van der Waals surface area contributed by atoms with Crippen molar-refractivity contribution in [2.45, 2.75) is 10.8 Å². The zero-order chi connectivity index (χ0) is 13.9. The minimum absolute atomic E-state index is 0.164. The van der Waals surface area contributed by atoms with E-state index in [0.29, 0.717) is 16.8 Å². The Morgan fingerprint density at radius 2 is 2.00 bits per heavy atom. The second-order valence-corrected chi connectivity index (χ2v) is 5.20. The van der Waals surface area contributed by atoms with E-state index in [-0.39, 0.29) is 11.3 Å². The number of aromatic hydroxyl groups is 1. The van der Waals surface area contributed by atoms with Crippen molar-refractivity contribution in [3.8, 4) is 5.75 Å². The van der Waals surface area contributed by atoms with Crippen molar-refractivity contribution < 1.29 is 5.11 Å². The van der Waals surface area contributed by atoms with Gasteiger partial charge in [-0.1, -0.05) is 23.4 Å². The molecule has 20 heavy (non-hydrogen) atoms. The molecule has 1 aromatic heterocycles. The van der Waals surface area contributed by atoms with Crippen LogP contribution in [0.1, 0.15) is 0 Å². The lowest BCUT2D eigenvalue weighted by Crippen LogP contribution is -2.23. The fourth-order valence-electron chi connectivity index (χ4n) is 1.82. The van der Waals surface area contributed by atoms with Gasteiger partial charge in [0.25, 0.3) is 5.56 Å². The molecule has 0 amide bonds. The van der Waals surface area contributed by atoms with Gasteiger partial charge in [0.15, 0.2) is 0 Å². The van der Waals surface area contributed by atoms with Crippen LogP contribution >= 0.6 is 11.8 Å². The number of nitrogens with zero attached hydrogens (tertiary/aromatic N) is 3. The van der Waals surface area contributed by atoms with E-state index in [1.807, 2.05) is 12.1 Å². The van der Waals surface area contributed by atoms with Gasteiger partial charge in [-0.2, -0.15) is 0 Å². The first-order valence-electron chi connectivity index (χ1n) is 5.98. The zero-order valence-electron chi connectivity index (χ0n) is 10.4. The summed E-state index contributed by atoms with van der Waals surface area (Å²) in [7, 11) is 0. The summed E-state index contributed by atoms with van der Waals surface area (Å²) in [6.07, 6.45) is 0. The van der Waals surface area contributed by atoms with Gasteiger partial charge in [-0.25, -0.2) is 4.68 Å². The van der Waals surface area contributed by atoms with Crippen molar-refractivity contribution in [1.29, 1.82) is 0 Å². The van der Waals surface area contributed by atoms with Gasteiger partial charge < -0.3 is 5.11 Å². The molecular weight excluding hydrogens is 274 g/mol. The Hall–Kier alpha value is -2.34. The Morgan fingerprint density at radius 1 is 1.15 bits per heavy atom. The molecule has 0 bridgehead atoms. The lowest BCUT2D eigenvalue weighted by molar-refractivity contribution is 0.474. The highest BCUT2D eigenvalue weighted by molar-refractivity contribution is 7.98. The summed E-state index contributed by atoms with van der Waals surface area (Å²) in [5.74, 6) is 0.548. The van der Waals surface area contributed by atoms with Crippen molar-refractivity contribution in [3.63, 3.8) is 0 Å². The third-order valence-corrected chi connectivity index (χ3v) is 3.76. The van der Waals surface area contributed by atoms with E-state index >= 15 is 0 Å². The number of phenolic OH excluding ortho intramolecular Hbond substituents is 1. The molecule has 0 fully saturated rings. The molecule has 0 atom stereocenters. The van der Waals surface area contributed by atoms with Gasteiger partial charge in [0, 0.05) is 4.90 Å². The number of hydrogen-bond donors (Lipinski definition) is 1. The Labute approximate surface area is 118 Å². The number of thioether (sulfide) groups is 1. The minimum atomic E-state index is -0.164. The number of benzene rings is 2. The number of fused-ring (bicyclic) bond motifs is 1. The van der Waals surface area contributed by atoms with Gasteiger partial charge in [-0.15, -0.1) is 16.9 Å². The quantitative estimate of drug-likeness (QED) is 0.747. The van der Waals surface area contributed by atoms with E-state index in [1.165, 1.54) is 16.4 Å². The average molecular weight is 285 g/mol. The molecule has 0 aliphatic rings. The van der Waals surface area contributed by atoms with E-state index < -0.39 is 0 Å². The molecule has 0 aliphatic heterocycles. The van der Waals surface area contributed by atoms with Crippen LogP contribution in [0.5, 0.6) is 5.75 Å². The second kappa shape index (κ2) is 5.34. The summed E-state index contributed by atoms with van der Waals surface area (Å²) in [5, 5.41) is 17.9. The van der Waals surface area contributed by atoms with Crippen LogP contribution in [0.25, 0.3) is 10.9 Å². The number of hydrogen-bond acceptors (Lipinski definition) is 5. The van der Waals surface area contributed by atoms with Crippen LogP contribution in [0.4, 0.5) is 0 Å². The molecule has 0 aliphatic carbocycles. The monoisotopic (exact) mass is 285 g/mol. The van der Waals surface area contributed by atoms with Crippen molar-refractivity contribution in [3.05, 3.63) is 58.9 Å². The van der Waals surface area contributed by atoms with Crippen molar-refractivity contribution >= 4 is 22.7 Å². The number of phenols is 1. The predicted octanol–water partition coefficient (Wildman–Crippen LogP) is 2.25. The molecule has 5 nitrogen and oxygen atoms in total. The Kier molecular flexibility index (Phi) is 3.39. The summed E-state index contributed by atoms with van der Waals surface area (Å²) in [6, 6.07) is 14.0. The molecule has 0 unspecified atom stereocenters. The number of aromatic nitrogens is 3. The molecule has 3 rings (SSSR count). The van der Waals surface area contributed by atoms with Gasteiger partial charge in [-0.3, -0.25) is 4.79 Å². The first-order chi connectivity index (χ1) is 9.74. The minimum Gasteiger partial charge on any atom is -0.508 e. The van der Waals surface area contributed by atoms with E-state index in [1.54, 1.807) is 36.4 Å². The summed E-state index contributed by atoms with van der Waals surface area (Å²) in [4.78, 5) is 13.1. The van der Waals surface area contributed by atoms with Gasteiger partial charge >= 0.3 is 0 Å². The summed E-state index contributed by atoms with van der Waals surface area (Å²) >= 11 is 1.41. The van der Waals surface area contributed by atoms with Crippen LogP contribution in [0, 0.1) is 0 Å². The van der Waals surface area contributed by atoms with Crippen LogP contribution in [-0.2, 0) is 5.88 Å². The first-order valence-corrected chi connectivity index (χ1v) is 6.97. The molecule has 0 saturated heterocycles. The molecule has 0 radical (unpaired) electrons. The maximum absolute atomic E-state index is 12.2. The van der Waals surface area contributed by atoms with Gasteiger partial charge in [0.1, 0.15) is 11.3 Å². The molecule has 3 aromatic rings. The van der Waals surface area contributed by atoms with Crippen molar-refractivity contribution in [2.75, 3.05) is 0 Å². The third-order valence-electron chi connectivity index (χ3n) is 2.80. The van der Waals surface area contributed by atoms with Crippen molar-refractivity contribution in [2.24, 2.45) is 0 Å². The first kappa shape index (κ1) is 12.7. The molecular formula is C14H11N3O2S. The zero-order valence-corrected chi connectivity index (χ0v) is 11.2. The smallest absolute Gasteiger partial charge is 0.278 e. The third kappa shape index (κ3) is 2.50. The summed E-state index contributed by atoms with van der Waals surface area (Å²) < 4.78 is 1.32. The fourth-order valence-corrected chi connectivity index (χ4v) is 2.64. The van der Waals surface area contributed by atoms with Crippen LogP contribution in [0.2, 0.25) is 0 Å². The maximum Gasteiger partial charge on any atom is 0.278 e. The number of rotatable bonds is 3. The van der Waals surface area contributed by atoms with E-state index in [4.69, 9.17) is 0 Å². The molecule has 0 spiro atoms. The topological polar surface area (TPSA) is 68.0 Å². The lowest BCUT2D eigenvalue weighted by atomic mass is 10.2. The van der Waals surface area contributed by atoms with Crippen LogP contribution in [0.15, 0.2) is 58.2 Å². The van der Waals surface area contributed by atoms with Gasteiger partial charge in [0.2, 0.25) is 0 Å². The Bertz CT molecular complexity index is 817. The average Bonchev–Trinajstić information content (AvgIpc) is 2.47. The highest BCUT2D eigenvalue weighted by atomic mass is 32.2. The van der Waals surface area contributed by atoms with Crippen molar-refractivity contribution in [1.82, 2.24) is 15.0 Å². The normalized spacial score (nSPS) is 10.8. The second-order valence-electron chi connectivity index (χ2n) is 4.18. The lowest BCUT2D eigenvalue weighted by Gasteiger charge is -2.05. The van der Waals surface area contributed by atoms with Crippen LogP contribution in [0.3, 0.4) is 0 Å². The summed E-state index contributed by atoms with van der Waals surface area (Å²) in [5.41, 5.74) is 0.430. The molecule has 2 aromatic carbocycles. The largest absolute Gasteiger partial charge is 0.508 e. The highest BCUT2D eigenvalue weighted by Gasteiger charge is 2.05. The van der Waals surface area contributed by atoms with E-state index in [0.717, 1.165) is 4.90 Å². The molecule has 6 heteroatoms. The molecule has 1 N–H and O–H groups in total. The van der Waals surface area contributed by atoms with Gasteiger partial charge in [-0.05, 0) is 30.3 Å². The Morgan fingerprint density at radius 3 is 2.85 bits per heavy atom. The predicted molar refractivity (Wildman–Crippen MR) is 77.8 cm³/mol. The highest BCUT2D eigenvalue weighted by Crippen LogP contribution is 2.22. The fraction of sp³-hybridized carbons (Fsp3) is 0.0714. The maximum atomic E-state index is 12.2. The standard InChI is InChI=1S/C14H11N3O2S/c18-10-4-3-5-11(8-10)20-9-17-14(19)12-6-1-2-7-13(12)15-16-17/h1-8,18H,9H2. The Balaban J connectivity index is 1.88. The van der Waals surface area contributed by atoms with E-state index in [2.05, 4.69) is 10.3 Å². The summed E-state index contributed by atoms with van der Waals surface area (Å²) in [6.45, 7) is 0. The molecule has 100 valence electrons. The van der Waals surface area contributed by atoms with Crippen LogP contribution < -0.4 is 5.56 Å². The molecule has 0 saturated carbocycles. The SMILES string of the molecule is O=c1c2ccccc2nnn1CSc1cccc(O)c1. The molecule has 1 heterocycles.